The van der Waals surface area contributed by atoms with Crippen LogP contribution in [0.4, 0.5) is 10.5 Å². The third-order valence-electron chi connectivity index (χ3n) is 3.93. The Hall–Kier alpha value is -2.76. The molecule has 1 heterocycles. The van der Waals surface area contributed by atoms with Crippen LogP contribution < -0.4 is 5.32 Å². The molecular weight excluding hydrogens is 373 g/mol. The summed E-state index contributed by atoms with van der Waals surface area (Å²) < 4.78 is 5.22. The van der Waals surface area contributed by atoms with Gasteiger partial charge >= 0.3 is 6.09 Å². The van der Waals surface area contributed by atoms with Gasteiger partial charge in [0.25, 0.3) is 0 Å². The number of aromatic nitrogens is 2. The van der Waals surface area contributed by atoms with Gasteiger partial charge in [0.05, 0.1) is 21.1 Å². The third kappa shape index (κ3) is 3.31. The van der Waals surface area contributed by atoms with E-state index in [1.165, 1.54) is 0 Å². The number of carbonyl (C=O) groups excluding carboxylic acids is 1. The van der Waals surface area contributed by atoms with Crippen LogP contribution in [0.25, 0.3) is 21.8 Å². The molecule has 0 aliphatic heterocycles. The third-order valence-corrected chi connectivity index (χ3v) is 4.67. The lowest BCUT2D eigenvalue weighted by molar-refractivity contribution is 0.152. The summed E-state index contributed by atoms with van der Waals surface area (Å²) in [5.41, 5.74) is 2.25. The minimum absolute atomic E-state index is 0.0240. The van der Waals surface area contributed by atoms with Crippen LogP contribution in [-0.4, -0.2) is 16.1 Å². The summed E-state index contributed by atoms with van der Waals surface area (Å²) in [6.07, 6.45) is -0.603. The summed E-state index contributed by atoms with van der Waals surface area (Å²) >= 11 is 11.8. The molecule has 4 aromatic rings. The summed E-state index contributed by atoms with van der Waals surface area (Å²) in [6, 6.07) is 16.8. The standard InChI is InChI=1S/C19H13Cl2N3O2/c20-14-7-6-12(9-15(14)21)22-19(25)26-10-17-23-16-8-5-11-3-1-2-4-13(11)18(16)24-17/h1-9H,10H2,(H,22,25)(H,23,24). The van der Waals surface area contributed by atoms with Gasteiger partial charge in [-0.1, -0.05) is 53.5 Å². The van der Waals surface area contributed by atoms with E-state index >= 15 is 0 Å². The van der Waals surface area contributed by atoms with Crippen LogP contribution in [0.15, 0.2) is 54.6 Å². The molecular formula is C19H13Cl2N3O2. The predicted octanol–water partition coefficient (Wildman–Crippen LogP) is 5.77. The van der Waals surface area contributed by atoms with Gasteiger partial charge in [0.15, 0.2) is 6.61 Å². The number of benzene rings is 3. The van der Waals surface area contributed by atoms with Crippen molar-refractivity contribution in [2.75, 3.05) is 5.32 Å². The molecule has 0 aliphatic carbocycles. The first-order valence-electron chi connectivity index (χ1n) is 7.85. The number of anilines is 1. The molecule has 4 rings (SSSR count). The van der Waals surface area contributed by atoms with Crippen molar-refractivity contribution < 1.29 is 9.53 Å². The van der Waals surface area contributed by atoms with Gasteiger partial charge < -0.3 is 9.72 Å². The summed E-state index contributed by atoms with van der Waals surface area (Å²) in [4.78, 5) is 19.7. The molecule has 1 aromatic heterocycles. The Kier molecular flexibility index (Phi) is 4.41. The van der Waals surface area contributed by atoms with Gasteiger partial charge in [0.1, 0.15) is 5.82 Å². The molecule has 130 valence electrons. The van der Waals surface area contributed by atoms with Crippen LogP contribution in [-0.2, 0) is 11.3 Å². The number of H-pyrrole nitrogens is 1. The first kappa shape index (κ1) is 16.7. The van der Waals surface area contributed by atoms with E-state index in [2.05, 4.69) is 15.3 Å². The fraction of sp³-hybridized carbons (Fsp3) is 0.0526. The largest absolute Gasteiger partial charge is 0.441 e. The maximum Gasteiger partial charge on any atom is 0.412 e. The van der Waals surface area contributed by atoms with Crippen molar-refractivity contribution in [1.29, 1.82) is 0 Å². The highest BCUT2D eigenvalue weighted by Crippen LogP contribution is 2.25. The summed E-state index contributed by atoms with van der Waals surface area (Å²) in [5, 5.41) is 5.53. The Labute approximate surface area is 158 Å². The minimum atomic E-state index is -0.603. The van der Waals surface area contributed by atoms with E-state index in [0.29, 0.717) is 21.6 Å². The number of fused-ring (bicyclic) bond motifs is 3. The van der Waals surface area contributed by atoms with Crippen molar-refractivity contribution in [3.8, 4) is 0 Å². The number of ether oxygens (including phenoxy) is 1. The van der Waals surface area contributed by atoms with Gasteiger partial charge in [-0.25, -0.2) is 9.78 Å². The lowest BCUT2D eigenvalue weighted by Crippen LogP contribution is -2.13. The zero-order chi connectivity index (χ0) is 18.1. The van der Waals surface area contributed by atoms with Gasteiger partial charge in [-0.2, -0.15) is 0 Å². The second-order valence-corrected chi connectivity index (χ2v) is 6.51. The van der Waals surface area contributed by atoms with E-state index in [1.807, 2.05) is 36.4 Å². The van der Waals surface area contributed by atoms with Crippen molar-refractivity contribution >= 4 is 56.8 Å². The smallest absolute Gasteiger partial charge is 0.412 e. The molecule has 7 heteroatoms. The average Bonchev–Trinajstić information content (AvgIpc) is 3.07. The molecule has 0 saturated carbocycles. The van der Waals surface area contributed by atoms with Gasteiger partial charge in [-0.3, -0.25) is 5.32 Å². The topological polar surface area (TPSA) is 67.0 Å². The van der Waals surface area contributed by atoms with Crippen molar-refractivity contribution in [2.24, 2.45) is 0 Å². The van der Waals surface area contributed by atoms with E-state index in [4.69, 9.17) is 27.9 Å². The molecule has 0 spiro atoms. The number of halogens is 2. The van der Waals surface area contributed by atoms with Crippen LogP contribution in [0.1, 0.15) is 5.82 Å². The molecule has 0 fully saturated rings. The average molecular weight is 386 g/mol. The van der Waals surface area contributed by atoms with Crippen LogP contribution in [0, 0.1) is 0 Å². The Balaban J connectivity index is 1.48. The second-order valence-electron chi connectivity index (χ2n) is 5.70. The lowest BCUT2D eigenvalue weighted by Gasteiger charge is -2.06. The Morgan fingerprint density at radius 3 is 2.77 bits per heavy atom. The molecule has 26 heavy (non-hydrogen) atoms. The summed E-state index contributed by atoms with van der Waals surface area (Å²) in [6.45, 7) is 0.0240. The summed E-state index contributed by atoms with van der Waals surface area (Å²) in [5.74, 6) is 0.570. The fourth-order valence-electron chi connectivity index (χ4n) is 2.72. The molecule has 0 radical (unpaired) electrons. The Morgan fingerprint density at radius 2 is 1.92 bits per heavy atom. The van der Waals surface area contributed by atoms with Crippen LogP contribution in [0.3, 0.4) is 0 Å². The Bertz CT molecular complexity index is 1120. The number of hydrogen-bond donors (Lipinski definition) is 2. The normalized spacial score (nSPS) is 11.0. The van der Waals surface area contributed by atoms with Gasteiger partial charge in [-0.05, 0) is 29.7 Å². The van der Waals surface area contributed by atoms with E-state index in [-0.39, 0.29) is 6.61 Å². The van der Waals surface area contributed by atoms with Crippen molar-refractivity contribution in [1.82, 2.24) is 9.97 Å². The van der Waals surface area contributed by atoms with Gasteiger partial charge in [0.2, 0.25) is 0 Å². The summed E-state index contributed by atoms with van der Waals surface area (Å²) in [7, 11) is 0. The van der Waals surface area contributed by atoms with Gasteiger partial charge in [0, 0.05) is 11.1 Å². The second kappa shape index (κ2) is 6.86. The maximum absolute atomic E-state index is 12.0. The molecule has 1 amide bonds. The number of amides is 1. The SMILES string of the molecule is O=C(Nc1ccc(Cl)c(Cl)c1)OCc1nc2c(ccc3ccccc32)[nH]1. The van der Waals surface area contributed by atoms with Crippen molar-refractivity contribution in [3.63, 3.8) is 0 Å². The molecule has 5 nitrogen and oxygen atoms in total. The van der Waals surface area contributed by atoms with Crippen LogP contribution >= 0.6 is 23.2 Å². The number of nitrogens with one attached hydrogen (secondary N) is 2. The molecule has 0 aliphatic rings. The zero-order valence-corrected chi connectivity index (χ0v) is 14.9. The van der Waals surface area contributed by atoms with E-state index in [1.54, 1.807) is 18.2 Å². The highest BCUT2D eigenvalue weighted by Gasteiger charge is 2.10. The van der Waals surface area contributed by atoms with Crippen LogP contribution in [0.2, 0.25) is 10.0 Å². The minimum Gasteiger partial charge on any atom is -0.441 e. The highest BCUT2D eigenvalue weighted by atomic mass is 35.5. The van der Waals surface area contributed by atoms with Crippen LogP contribution in [0.5, 0.6) is 0 Å². The molecule has 3 aromatic carbocycles. The predicted molar refractivity (Wildman–Crippen MR) is 104 cm³/mol. The Morgan fingerprint density at radius 1 is 1.08 bits per heavy atom. The molecule has 2 N–H and O–H groups in total. The number of carbonyl (C=O) groups is 1. The number of imidazole rings is 1. The highest BCUT2D eigenvalue weighted by molar-refractivity contribution is 6.42. The monoisotopic (exact) mass is 385 g/mol. The molecule has 0 saturated heterocycles. The van der Waals surface area contributed by atoms with E-state index in [0.717, 1.165) is 21.8 Å². The van der Waals surface area contributed by atoms with Crippen molar-refractivity contribution in [3.05, 3.63) is 70.5 Å². The van der Waals surface area contributed by atoms with Gasteiger partial charge in [-0.15, -0.1) is 0 Å². The number of hydrogen-bond acceptors (Lipinski definition) is 3. The van der Waals surface area contributed by atoms with E-state index < -0.39 is 6.09 Å². The maximum atomic E-state index is 12.0. The lowest BCUT2D eigenvalue weighted by atomic mass is 10.1. The number of rotatable bonds is 3. The van der Waals surface area contributed by atoms with Crippen molar-refractivity contribution in [2.45, 2.75) is 6.61 Å². The number of aromatic amines is 1. The zero-order valence-electron chi connectivity index (χ0n) is 13.4. The first-order chi connectivity index (χ1) is 12.6. The quantitative estimate of drug-likeness (QED) is 0.470. The number of nitrogens with zero attached hydrogens (tertiary/aromatic N) is 1. The first-order valence-corrected chi connectivity index (χ1v) is 8.61. The molecule has 0 atom stereocenters. The molecule has 0 unspecified atom stereocenters. The van der Waals surface area contributed by atoms with E-state index in [9.17, 15) is 4.79 Å². The fourth-order valence-corrected chi connectivity index (χ4v) is 3.02. The molecule has 0 bridgehead atoms.